The van der Waals surface area contributed by atoms with Crippen molar-refractivity contribution in [1.82, 2.24) is 9.21 Å². The van der Waals surface area contributed by atoms with Gasteiger partial charge in [0.1, 0.15) is 0 Å². The van der Waals surface area contributed by atoms with E-state index in [2.05, 4.69) is 4.74 Å². The first-order valence-corrected chi connectivity index (χ1v) is 9.95. The number of halogens is 2. The van der Waals surface area contributed by atoms with E-state index in [1.54, 1.807) is 11.8 Å². The molecule has 0 atom stereocenters. The molecule has 27 heavy (non-hydrogen) atoms. The zero-order valence-electron chi connectivity index (χ0n) is 15.1. The van der Waals surface area contributed by atoms with E-state index in [0.717, 1.165) is 0 Å². The normalized spacial score (nSPS) is 16.1. The van der Waals surface area contributed by atoms with E-state index in [0.29, 0.717) is 18.7 Å². The van der Waals surface area contributed by atoms with Gasteiger partial charge in [-0.3, -0.25) is 4.79 Å². The first-order valence-electron chi connectivity index (χ1n) is 8.34. The summed E-state index contributed by atoms with van der Waals surface area (Å²) in [6.07, 6.45) is 2.89. The second kappa shape index (κ2) is 9.14. The Morgan fingerprint density at radius 1 is 1.22 bits per heavy atom. The molecular formula is C17H22F2N2O5S. The number of alkyl halides is 2. The monoisotopic (exact) mass is 404 g/mol. The molecule has 1 aliphatic rings. The second-order valence-electron chi connectivity index (χ2n) is 5.75. The maximum absolute atomic E-state index is 12.3. The lowest BCUT2D eigenvalue weighted by atomic mass is 10.2. The van der Waals surface area contributed by atoms with Crippen LogP contribution in [0.4, 0.5) is 8.78 Å². The molecule has 10 heteroatoms. The molecule has 1 fully saturated rings. The van der Waals surface area contributed by atoms with E-state index >= 15 is 0 Å². The molecule has 0 unspecified atom stereocenters. The molecular weight excluding hydrogens is 382 g/mol. The Morgan fingerprint density at radius 2 is 1.89 bits per heavy atom. The predicted octanol–water partition coefficient (Wildman–Crippen LogP) is 1.80. The van der Waals surface area contributed by atoms with Crippen LogP contribution in [0.25, 0.3) is 6.08 Å². The zero-order chi connectivity index (χ0) is 20.0. The summed E-state index contributed by atoms with van der Waals surface area (Å²) in [5.41, 5.74) is 0.578. The van der Waals surface area contributed by atoms with Gasteiger partial charge in [0.25, 0.3) is 0 Å². The number of methoxy groups -OCH3 is 1. The van der Waals surface area contributed by atoms with Gasteiger partial charge in [-0.1, -0.05) is 6.07 Å². The van der Waals surface area contributed by atoms with Crippen LogP contribution in [0.2, 0.25) is 0 Å². The fraction of sp³-hybridized carbons (Fsp3) is 0.471. The van der Waals surface area contributed by atoms with Gasteiger partial charge < -0.3 is 14.4 Å². The first kappa shape index (κ1) is 21.1. The molecule has 0 spiro atoms. The molecule has 0 N–H and O–H groups in total. The molecule has 1 aliphatic heterocycles. The number of amides is 1. The third-order valence-electron chi connectivity index (χ3n) is 4.13. The fourth-order valence-corrected chi connectivity index (χ4v) is 3.71. The minimum absolute atomic E-state index is 0.0357. The van der Waals surface area contributed by atoms with Crippen molar-refractivity contribution >= 4 is 22.0 Å². The maximum Gasteiger partial charge on any atom is 0.387 e. The molecule has 0 saturated carbocycles. The topological polar surface area (TPSA) is 76.2 Å². The Hall–Kier alpha value is -2.20. The third-order valence-corrected chi connectivity index (χ3v) is 6.01. The summed E-state index contributed by atoms with van der Waals surface area (Å²) in [5.74, 6) is -0.184. The largest absolute Gasteiger partial charge is 0.493 e. The quantitative estimate of drug-likeness (QED) is 0.648. The summed E-state index contributed by atoms with van der Waals surface area (Å²) in [4.78, 5) is 13.8. The van der Waals surface area contributed by atoms with Gasteiger partial charge in [0.2, 0.25) is 15.9 Å². The van der Waals surface area contributed by atoms with Crippen molar-refractivity contribution in [3.63, 3.8) is 0 Å². The van der Waals surface area contributed by atoms with E-state index in [-0.39, 0.29) is 36.2 Å². The molecule has 1 heterocycles. The number of benzene rings is 1. The summed E-state index contributed by atoms with van der Waals surface area (Å²) in [6, 6.07) is 4.34. The Kier molecular flexibility index (Phi) is 7.14. The van der Waals surface area contributed by atoms with E-state index in [9.17, 15) is 22.0 Å². The van der Waals surface area contributed by atoms with Crippen molar-refractivity contribution in [2.24, 2.45) is 0 Å². The smallest absolute Gasteiger partial charge is 0.387 e. The predicted molar refractivity (Wildman–Crippen MR) is 96.3 cm³/mol. The van der Waals surface area contributed by atoms with Crippen LogP contribution in [0.5, 0.6) is 11.5 Å². The van der Waals surface area contributed by atoms with Crippen molar-refractivity contribution in [1.29, 1.82) is 0 Å². The van der Waals surface area contributed by atoms with Crippen molar-refractivity contribution in [2.75, 3.05) is 39.0 Å². The number of ether oxygens (including phenoxy) is 2. The Bertz CT molecular complexity index is 791. The lowest BCUT2D eigenvalue weighted by Gasteiger charge is -2.33. The molecule has 150 valence electrons. The van der Waals surface area contributed by atoms with Crippen molar-refractivity contribution in [3.05, 3.63) is 29.8 Å². The van der Waals surface area contributed by atoms with Crippen LogP contribution in [0, 0.1) is 0 Å². The number of hydrogen-bond acceptors (Lipinski definition) is 5. The molecule has 7 nitrogen and oxygen atoms in total. The lowest BCUT2D eigenvalue weighted by Crippen LogP contribution is -2.50. The number of carbonyl (C=O) groups excluding carboxylic acids is 1. The van der Waals surface area contributed by atoms with E-state index in [1.165, 1.54) is 41.8 Å². The summed E-state index contributed by atoms with van der Waals surface area (Å²) >= 11 is 0. The highest BCUT2D eigenvalue weighted by Gasteiger charge is 2.26. The number of sulfonamides is 1. The van der Waals surface area contributed by atoms with Crippen LogP contribution in [0.1, 0.15) is 12.5 Å². The average molecular weight is 404 g/mol. The Labute approximate surface area is 157 Å². The summed E-state index contributed by atoms with van der Waals surface area (Å²) in [5, 5.41) is 0. The zero-order valence-corrected chi connectivity index (χ0v) is 15.9. The maximum atomic E-state index is 12.3. The standard InChI is InChI=1S/C17H22F2N2O5S/c1-3-27(23,24)21-10-8-20(9-11-21)16(22)7-5-13-4-6-14(26-17(18)19)15(12-13)25-2/h4-7,12,17H,3,8-11H2,1-2H3/b7-5+. The van der Waals surface area contributed by atoms with E-state index in [1.807, 2.05) is 0 Å². The Morgan fingerprint density at radius 3 is 2.44 bits per heavy atom. The summed E-state index contributed by atoms with van der Waals surface area (Å²) in [7, 11) is -1.92. The van der Waals surface area contributed by atoms with Crippen LogP contribution in [0.15, 0.2) is 24.3 Å². The highest BCUT2D eigenvalue weighted by atomic mass is 32.2. The van der Waals surface area contributed by atoms with Crippen molar-refractivity contribution < 1.29 is 31.5 Å². The SMILES string of the molecule is CCS(=O)(=O)N1CCN(C(=O)/C=C/c2ccc(OC(F)F)c(OC)c2)CC1. The number of carbonyl (C=O) groups is 1. The Balaban J connectivity index is 1.99. The highest BCUT2D eigenvalue weighted by molar-refractivity contribution is 7.89. The van der Waals surface area contributed by atoms with Gasteiger partial charge in [-0.2, -0.15) is 13.1 Å². The molecule has 0 aromatic heterocycles. The molecule has 1 amide bonds. The van der Waals surface area contributed by atoms with E-state index in [4.69, 9.17) is 4.74 Å². The average Bonchev–Trinajstić information content (AvgIpc) is 2.66. The van der Waals surface area contributed by atoms with Gasteiger partial charge in [0.15, 0.2) is 11.5 Å². The molecule has 1 aromatic rings. The molecule has 1 saturated heterocycles. The van der Waals surface area contributed by atoms with Crippen LogP contribution in [0.3, 0.4) is 0 Å². The number of nitrogens with zero attached hydrogens (tertiary/aromatic N) is 2. The lowest BCUT2D eigenvalue weighted by molar-refractivity contribution is -0.127. The van der Waals surface area contributed by atoms with Crippen LogP contribution in [-0.4, -0.2) is 69.2 Å². The second-order valence-corrected chi connectivity index (χ2v) is 8.00. The van der Waals surface area contributed by atoms with Crippen LogP contribution < -0.4 is 9.47 Å². The number of piperazine rings is 1. The van der Waals surface area contributed by atoms with Gasteiger partial charge in [0, 0.05) is 32.3 Å². The molecule has 0 aliphatic carbocycles. The third kappa shape index (κ3) is 5.64. The van der Waals surface area contributed by atoms with Gasteiger partial charge in [-0.05, 0) is 30.7 Å². The van der Waals surface area contributed by atoms with Gasteiger partial charge in [-0.25, -0.2) is 8.42 Å². The summed E-state index contributed by atoms with van der Waals surface area (Å²) < 4.78 is 59.1. The van der Waals surface area contributed by atoms with Gasteiger partial charge in [-0.15, -0.1) is 0 Å². The van der Waals surface area contributed by atoms with Crippen LogP contribution >= 0.6 is 0 Å². The summed E-state index contributed by atoms with van der Waals surface area (Å²) in [6.45, 7) is -0.217. The number of rotatable bonds is 7. The van der Waals surface area contributed by atoms with Crippen LogP contribution in [-0.2, 0) is 14.8 Å². The highest BCUT2D eigenvalue weighted by Crippen LogP contribution is 2.29. The minimum atomic E-state index is -3.25. The van der Waals surface area contributed by atoms with Crippen molar-refractivity contribution in [3.8, 4) is 11.5 Å². The molecule has 0 bridgehead atoms. The first-order chi connectivity index (χ1) is 12.8. The van der Waals surface area contributed by atoms with Gasteiger partial charge >= 0.3 is 6.61 Å². The molecule has 0 radical (unpaired) electrons. The van der Waals surface area contributed by atoms with Crippen molar-refractivity contribution in [2.45, 2.75) is 13.5 Å². The molecule has 2 rings (SSSR count). The molecule has 1 aromatic carbocycles. The fourth-order valence-electron chi connectivity index (χ4n) is 2.62. The van der Waals surface area contributed by atoms with E-state index < -0.39 is 16.6 Å². The number of hydrogen-bond donors (Lipinski definition) is 0. The van der Waals surface area contributed by atoms with Gasteiger partial charge in [0.05, 0.1) is 12.9 Å². The minimum Gasteiger partial charge on any atom is -0.493 e.